The van der Waals surface area contributed by atoms with Crippen LogP contribution in [-0.4, -0.2) is 46.4 Å². The molecule has 7 nitrogen and oxygen atoms in total. The Morgan fingerprint density at radius 1 is 1.47 bits per heavy atom. The van der Waals surface area contributed by atoms with Crippen LogP contribution in [0.25, 0.3) is 0 Å². The first kappa shape index (κ1) is 13.5. The number of ether oxygens (including phenoxy) is 1. The molecule has 0 radical (unpaired) electrons. The Bertz CT molecular complexity index is 478. The SMILES string of the molecule is Cc1n[nH]c(C)c1CC(=O)NC1COCC1C(=O)O. The van der Waals surface area contributed by atoms with Crippen molar-refractivity contribution in [3.63, 3.8) is 0 Å². The minimum Gasteiger partial charge on any atom is -0.481 e. The molecule has 0 aliphatic carbocycles. The van der Waals surface area contributed by atoms with Gasteiger partial charge in [-0.05, 0) is 13.8 Å². The number of nitrogens with one attached hydrogen (secondary N) is 2. The molecule has 2 rings (SSSR count). The van der Waals surface area contributed by atoms with Crippen molar-refractivity contribution >= 4 is 11.9 Å². The number of H-pyrrole nitrogens is 1. The number of amides is 1. The van der Waals surface area contributed by atoms with Gasteiger partial charge >= 0.3 is 5.97 Å². The van der Waals surface area contributed by atoms with Crippen LogP contribution in [0.2, 0.25) is 0 Å². The number of carboxylic acid groups (broad SMARTS) is 1. The summed E-state index contributed by atoms with van der Waals surface area (Å²) in [6.07, 6.45) is 0.191. The predicted octanol–water partition coefficient (Wildman–Crippen LogP) is -0.215. The van der Waals surface area contributed by atoms with Crippen molar-refractivity contribution in [2.24, 2.45) is 5.92 Å². The minimum atomic E-state index is -0.946. The van der Waals surface area contributed by atoms with Gasteiger partial charge in [0.1, 0.15) is 5.92 Å². The van der Waals surface area contributed by atoms with Crippen molar-refractivity contribution < 1.29 is 19.4 Å². The predicted molar refractivity (Wildman–Crippen MR) is 65.6 cm³/mol. The lowest BCUT2D eigenvalue weighted by Gasteiger charge is -2.15. The molecule has 7 heteroatoms. The fourth-order valence-corrected chi connectivity index (χ4v) is 2.19. The van der Waals surface area contributed by atoms with Crippen LogP contribution < -0.4 is 5.32 Å². The molecule has 1 fully saturated rings. The van der Waals surface area contributed by atoms with Crippen LogP contribution in [0.4, 0.5) is 0 Å². The van der Waals surface area contributed by atoms with Gasteiger partial charge in [0.15, 0.2) is 0 Å². The van der Waals surface area contributed by atoms with Gasteiger partial charge < -0.3 is 15.2 Å². The highest BCUT2D eigenvalue weighted by molar-refractivity contribution is 5.80. The third-order valence-corrected chi connectivity index (χ3v) is 3.36. The minimum absolute atomic E-state index is 0.143. The van der Waals surface area contributed by atoms with Crippen molar-refractivity contribution in [2.75, 3.05) is 13.2 Å². The monoisotopic (exact) mass is 267 g/mol. The van der Waals surface area contributed by atoms with E-state index in [9.17, 15) is 9.59 Å². The lowest BCUT2D eigenvalue weighted by molar-refractivity contribution is -0.142. The number of aliphatic carboxylic acids is 1. The summed E-state index contributed by atoms with van der Waals surface area (Å²) in [7, 11) is 0. The average Bonchev–Trinajstić information content (AvgIpc) is 2.91. The van der Waals surface area contributed by atoms with E-state index in [0.29, 0.717) is 0 Å². The van der Waals surface area contributed by atoms with E-state index in [1.165, 1.54) is 0 Å². The molecular formula is C12H17N3O4. The standard InChI is InChI=1S/C12H17N3O4/c1-6-8(7(2)15-14-6)3-11(16)13-10-5-19-4-9(10)12(17)18/h9-10H,3-5H2,1-2H3,(H,13,16)(H,14,15)(H,17,18). The molecule has 1 amide bonds. The van der Waals surface area contributed by atoms with Crippen molar-refractivity contribution in [1.82, 2.24) is 15.5 Å². The lowest BCUT2D eigenvalue weighted by Crippen LogP contribution is -2.43. The van der Waals surface area contributed by atoms with Gasteiger partial charge in [-0.25, -0.2) is 0 Å². The molecule has 1 aliphatic heterocycles. The number of carboxylic acids is 1. The van der Waals surface area contributed by atoms with Crippen LogP contribution in [-0.2, 0) is 20.7 Å². The molecule has 0 spiro atoms. The van der Waals surface area contributed by atoms with Gasteiger partial charge in [-0.2, -0.15) is 5.10 Å². The third kappa shape index (κ3) is 2.93. The van der Waals surface area contributed by atoms with Crippen molar-refractivity contribution in [3.8, 4) is 0 Å². The molecule has 19 heavy (non-hydrogen) atoms. The van der Waals surface area contributed by atoms with Crippen molar-refractivity contribution in [3.05, 3.63) is 17.0 Å². The van der Waals surface area contributed by atoms with Gasteiger partial charge in [0.25, 0.3) is 0 Å². The van der Waals surface area contributed by atoms with Crippen LogP contribution in [0.3, 0.4) is 0 Å². The summed E-state index contributed by atoms with van der Waals surface area (Å²) in [5, 5.41) is 18.5. The Kier molecular flexibility index (Phi) is 3.84. The number of aryl methyl sites for hydroxylation is 2. The van der Waals surface area contributed by atoms with E-state index in [4.69, 9.17) is 9.84 Å². The van der Waals surface area contributed by atoms with E-state index in [0.717, 1.165) is 17.0 Å². The number of aromatic amines is 1. The summed E-state index contributed by atoms with van der Waals surface area (Å²) < 4.78 is 5.10. The normalized spacial score (nSPS) is 22.4. The molecule has 1 aliphatic rings. The quantitative estimate of drug-likeness (QED) is 0.700. The van der Waals surface area contributed by atoms with E-state index in [2.05, 4.69) is 15.5 Å². The molecule has 0 bridgehead atoms. The second-order valence-corrected chi connectivity index (χ2v) is 4.75. The van der Waals surface area contributed by atoms with Gasteiger partial charge in [0.05, 0.1) is 31.4 Å². The summed E-state index contributed by atoms with van der Waals surface area (Å²) in [5.74, 6) is -1.83. The van der Waals surface area contributed by atoms with E-state index in [-0.39, 0.29) is 25.5 Å². The third-order valence-electron chi connectivity index (χ3n) is 3.36. The highest BCUT2D eigenvalue weighted by Crippen LogP contribution is 2.15. The first-order chi connectivity index (χ1) is 8.99. The second kappa shape index (κ2) is 5.40. The number of carbonyl (C=O) groups excluding carboxylic acids is 1. The Morgan fingerprint density at radius 2 is 2.21 bits per heavy atom. The summed E-state index contributed by atoms with van der Waals surface area (Å²) in [4.78, 5) is 22.9. The maximum absolute atomic E-state index is 11.9. The number of rotatable bonds is 4. The molecular weight excluding hydrogens is 250 g/mol. The maximum Gasteiger partial charge on any atom is 0.311 e. The zero-order chi connectivity index (χ0) is 14.0. The lowest BCUT2D eigenvalue weighted by atomic mass is 10.0. The second-order valence-electron chi connectivity index (χ2n) is 4.75. The summed E-state index contributed by atoms with van der Waals surface area (Å²) in [5.41, 5.74) is 2.48. The fraction of sp³-hybridized carbons (Fsp3) is 0.583. The average molecular weight is 267 g/mol. The molecule has 1 aromatic rings. The first-order valence-electron chi connectivity index (χ1n) is 6.09. The number of hydrogen-bond donors (Lipinski definition) is 3. The number of carbonyl (C=O) groups is 2. The Balaban J connectivity index is 1.96. The van der Waals surface area contributed by atoms with Gasteiger partial charge in [-0.15, -0.1) is 0 Å². The first-order valence-corrected chi connectivity index (χ1v) is 6.09. The molecule has 0 aromatic carbocycles. The van der Waals surface area contributed by atoms with Crippen LogP contribution in [0, 0.1) is 19.8 Å². The summed E-state index contributed by atoms with van der Waals surface area (Å²) in [6.45, 7) is 4.06. The van der Waals surface area contributed by atoms with Crippen LogP contribution >= 0.6 is 0 Å². The molecule has 104 valence electrons. The molecule has 1 saturated heterocycles. The van der Waals surface area contributed by atoms with E-state index < -0.39 is 17.9 Å². The molecule has 2 unspecified atom stereocenters. The highest BCUT2D eigenvalue weighted by Gasteiger charge is 2.35. The van der Waals surface area contributed by atoms with Gasteiger partial charge in [-0.3, -0.25) is 14.7 Å². The van der Waals surface area contributed by atoms with Gasteiger partial charge in [0, 0.05) is 11.3 Å². The summed E-state index contributed by atoms with van der Waals surface area (Å²) in [6, 6.07) is -0.461. The van der Waals surface area contributed by atoms with Crippen molar-refractivity contribution in [1.29, 1.82) is 0 Å². The molecule has 0 saturated carbocycles. The van der Waals surface area contributed by atoms with Crippen molar-refractivity contribution in [2.45, 2.75) is 26.3 Å². The largest absolute Gasteiger partial charge is 0.481 e. The highest BCUT2D eigenvalue weighted by atomic mass is 16.5. The van der Waals surface area contributed by atoms with E-state index >= 15 is 0 Å². The molecule has 2 heterocycles. The van der Waals surface area contributed by atoms with Gasteiger partial charge in [0.2, 0.25) is 5.91 Å². The molecule has 1 aromatic heterocycles. The summed E-state index contributed by atoms with van der Waals surface area (Å²) >= 11 is 0. The number of aromatic nitrogens is 2. The zero-order valence-electron chi connectivity index (χ0n) is 10.9. The molecule has 3 N–H and O–H groups in total. The van der Waals surface area contributed by atoms with Crippen LogP contribution in [0.15, 0.2) is 0 Å². The maximum atomic E-state index is 11.9. The smallest absolute Gasteiger partial charge is 0.311 e. The van der Waals surface area contributed by atoms with Crippen LogP contribution in [0.5, 0.6) is 0 Å². The molecule has 2 atom stereocenters. The number of hydrogen-bond acceptors (Lipinski definition) is 4. The van der Waals surface area contributed by atoms with Crippen LogP contribution in [0.1, 0.15) is 17.0 Å². The van der Waals surface area contributed by atoms with Gasteiger partial charge in [-0.1, -0.05) is 0 Å². The topological polar surface area (TPSA) is 104 Å². The van der Waals surface area contributed by atoms with E-state index in [1.807, 2.05) is 13.8 Å². The Hall–Kier alpha value is -1.89. The Labute approximate surface area is 110 Å². The zero-order valence-corrected chi connectivity index (χ0v) is 10.9. The number of nitrogens with zero attached hydrogens (tertiary/aromatic N) is 1. The Morgan fingerprint density at radius 3 is 2.79 bits per heavy atom. The fourth-order valence-electron chi connectivity index (χ4n) is 2.19. The van der Waals surface area contributed by atoms with E-state index in [1.54, 1.807) is 0 Å².